The van der Waals surface area contributed by atoms with Crippen molar-refractivity contribution >= 4 is 35.2 Å². The smallest absolute Gasteiger partial charge is 0.372 e. The van der Waals surface area contributed by atoms with Crippen molar-refractivity contribution in [1.29, 1.82) is 0 Å². The minimum Gasteiger partial charge on any atom is -0.454 e. The van der Waals surface area contributed by atoms with Crippen molar-refractivity contribution in [2.24, 2.45) is 7.05 Å². The summed E-state index contributed by atoms with van der Waals surface area (Å²) in [4.78, 5) is 47.3. The van der Waals surface area contributed by atoms with Crippen molar-refractivity contribution in [3.8, 4) is 17.3 Å². The summed E-state index contributed by atoms with van der Waals surface area (Å²) in [5, 5.41) is 14.4. The van der Waals surface area contributed by atoms with Crippen LogP contribution in [0, 0.1) is 15.9 Å². The second-order valence-electron chi connectivity index (χ2n) is 10.3. The van der Waals surface area contributed by atoms with Gasteiger partial charge in [0.15, 0.2) is 0 Å². The van der Waals surface area contributed by atoms with E-state index in [1.54, 1.807) is 12.3 Å². The third-order valence-corrected chi connectivity index (χ3v) is 7.82. The van der Waals surface area contributed by atoms with Crippen LogP contribution < -0.4 is 15.0 Å². The van der Waals surface area contributed by atoms with Gasteiger partial charge in [0, 0.05) is 61.8 Å². The number of imide groups is 1. The molecular formula is C29H25ClFN7O5. The third kappa shape index (κ3) is 5.64. The molecule has 1 saturated heterocycles. The lowest BCUT2D eigenvalue weighted by Gasteiger charge is -2.26. The molecule has 0 atom stereocenters. The number of nitro groups is 1. The Morgan fingerprint density at radius 2 is 1.95 bits per heavy atom. The van der Waals surface area contributed by atoms with Gasteiger partial charge < -0.3 is 19.4 Å². The van der Waals surface area contributed by atoms with Crippen LogP contribution in [0.25, 0.3) is 11.4 Å². The first-order chi connectivity index (χ1) is 20.7. The van der Waals surface area contributed by atoms with Gasteiger partial charge in [0.05, 0.1) is 16.8 Å². The maximum atomic E-state index is 14.1. The van der Waals surface area contributed by atoms with Gasteiger partial charge in [-0.3, -0.25) is 19.9 Å². The van der Waals surface area contributed by atoms with Crippen molar-refractivity contribution in [1.82, 2.24) is 24.8 Å². The summed E-state index contributed by atoms with van der Waals surface area (Å²) >= 11 is 6.05. The Labute approximate surface area is 249 Å². The summed E-state index contributed by atoms with van der Waals surface area (Å²) in [6, 6.07) is 12.9. The first-order valence-corrected chi connectivity index (χ1v) is 13.7. The number of carbonyl (C=O) groups excluding carboxylic acids is 2. The van der Waals surface area contributed by atoms with E-state index in [9.17, 15) is 24.1 Å². The molecule has 14 heteroatoms. The maximum Gasteiger partial charge on any atom is 0.372 e. The number of imidazole rings is 1. The molecule has 0 aliphatic carbocycles. The number of aromatic nitrogens is 3. The molecule has 3 amide bonds. The number of hydrogen-bond acceptors (Lipinski definition) is 8. The molecule has 4 heterocycles. The van der Waals surface area contributed by atoms with E-state index < -0.39 is 16.8 Å². The summed E-state index contributed by atoms with van der Waals surface area (Å²) in [5.74, 6) is 0.0532. The normalized spacial score (nSPS) is 15.0. The number of nitrogens with zero attached hydrogens (tertiary/aromatic N) is 6. The van der Waals surface area contributed by atoms with E-state index in [1.165, 1.54) is 29.2 Å². The van der Waals surface area contributed by atoms with Crippen molar-refractivity contribution in [3.63, 3.8) is 0 Å². The molecule has 0 saturated carbocycles. The van der Waals surface area contributed by atoms with Gasteiger partial charge in [0.1, 0.15) is 24.1 Å². The Morgan fingerprint density at radius 3 is 2.72 bits per heavy atom. The predicted octanol–water partition coefficient (Wildman–Crippen LogP) is 4.72. The van der Waals surface area contributed by atoms with Crippen LogP contribution in [0.2, 0.25) is 5.02 Å². The quantitative estimate of drug-likeness (QED) is 0.225. The number of hydrogen-bond donors (Lipinski definition) is 1. The van der Waals surface area contributed by atoms with Gasteiger partial charge in [-0.05, 0) is 40.3 Å². The third-order valence-electron chi connectivity index (χ3n) is 7.47. The largest absolute Gasteiger partial charge is 0.454 e. The van der Waals surface area contributed by atoms with Gasteiger partial charge in [0.25, 0.3) is 0 Å². The number of anilines is 1. The topological polar surface area (TPSA) is 136 Å². The number of ether oxygens (including phenoxy) is 1. The lowest BCUT2D eigenvalue weighted by Crippen LogP contribution is -2.50. The number of amides is 3. The number of rotatable bonds is 8. The molecule has 2 aromatic heterocycles. The molecule has 0 spiro atoms. The Morgan fingerprint density at radius 1 is 1.14 bits per heavy atom. The molecule has 12 nitrogen and oxygen atoms in total. The van der Waals surface area contributed by atoms with Crippen LogP contribution in [0.5, 0.6) is 5.88 Å². The number of halogens is 2. The molecule has 1 N–H and O–H groups in total. The molecule has 0 radical (unpaired) electrons. The van der Waals surface area contributed by atoms with Crippen molar-refractivity contribution < 1.29 is 23.6 Å². The molecule has 43 heavy (non-hydrogen) atoms. The highest BCUT2D eigenvalue weighted by Gasteiger charge is 2.28. The maximum absolute atomic E-state index is 14.1. The molecule has 2 aliphatic rings. The Bertz CT molecular complexity index is 1760. The summed E-state index contributed by atoms with van der Waals surface area (Å²) in [6.45, 7) is 1.48. The first kappa shape index (κ1) is 28.2. The van der Waals surface area contributed by atoms with Crippen LogP contribution in [0.15, 0.2) is 54.7 Å². The van der Waals surface area contributed by atoms with Crippen molar-refractivity contribution in [2.75, 3.05) is 11.4 Å². The Hall–Kier alpha value is -4.88. The lowest BCUT2D eigenvalue weighted by molar-refractivity contribution is -0.390. The average molecular weight is 606 g/mol. The van der Waals surface area contributed by atoms with Gasteiger partial charge in [-0.15, -0.1) is 0 Å². The number of nitrogens with one attached hydrogen (secondary N) is 1. The van der Waals surface area contributed by atoms with Crippen molar-refractivity contribution in [3.05, 3.63) is 97.9 Å². The van der Waals surface area contributed by atoms with Crippen LogP contribution in [0.3, 0.4) is 0 Å². The Balaban J connectivity index is 1.15. The van der Waals surface area contributed by atoms with E-state index in [-0.39, 0.29) is 54.3 Å². The zero-order chi connectivity index (χ0) is 30.2. The van der Waals surface area contributed by atoms with E-state index in [1.807, 2.05) is 29.8 Å². The second-order valence-corrected chi connectivity index (χ2v) is 10.7. The van der Waals surface area contributed by atoms with Crippen LogP contribution >= 0.6 is 11.6 Å². The monoisotopic (exact) mass is 605 g/mol. The fourth-order valence-corrected chi connectivity index (χ4v) is 5.51. The van der Waals surface area contributed by atoms with E-state index in [0.717, 1.165) is 16.7 Å². The van der Waals surface area contributed by atoms with Crippen LogP contribution in [-0.4, -0.2) is 42.8 Å². The van der Waals surface area contributed by atoms with Crippen LogP contribution in [0.4, 0.5) is 20.8 Å². The van der Waals surface area contributed by atoms with Gasteiger partial charge >= 0.3 is 17.7 Å². The van der Waals surface area contributed by atoms with E-state index in [2.05, 4.69) is 20.2 Å². The molecule has 2 aromatic carbocycles. The second kappa shape index (κ2) is 11.4. The molecule has 6 rings (SSSR count). The zero-order valence-electron chi connectivity index (χ0n) is 22.9. The fourth-order valence-electron chi connectivity index (χ4n) is 5.30. The van der Waals surface area contributed by atoms with Gasteiger partial charge in [0.2, 0.25) is 5.91 Å². The highest BCUT2D eigenvalue weighted by Crippen LogP contribution is 2.32. The highest BCUT2D eigenvalue weighted by molar-refractivity contribution is 6.31. The number of fused-ring (bicyclic) bond motifs is 1. The molecule has 220 valence electrons. The standard InChI is InChI=1S/C29H25ClFN7O5/c1-35-26(37-10-9-24(39)33-29(37)40)12-32-27(35)17-5-6-18-13-36(15-20(18)11-17)14-19-7-8-25(34-28(19)38(41)42)43-16-21-22(30)3-2-4-23(21)31/h2-8,11-12H,9-10,13-16H2,1H3,(H,33,39,40). The lowest BCUT2D eigenvalue weighted by atomic mass is 10.1. The number of pyridine rings is 1. The predicted molar refractivity (Wildman–Crippen MR) is 154 cm³/mol. The summed E-state index contributed by atoms with van der Waals surface area (Å²) in [7, 11) is 1.81. The first-order valence-electron chi connectivity index (χ1n) is 13.4. The van der Waals surface area contributed by atoms with Crippen LogP contribution in [-0.2, 0) is 38.1 Å². The van der Waals surface area contributed by atoms with Gasteiger partial charge in [-0.2, -0.15) is 0 Å². The fraction of sp³-hybridized carbons (Fsp3) is 0.241. The minimum atomic E-state index is -0.559. The SMILES string of the molecule is Cn1c(N2CCC(=O)NC2=O)cnc1-c1ccc2c(c1)CN(Cc1ccc(OCc3c(F)cccc3Cl)nc1[N+](=O)[O-])C2. The minimum absolute atomic E-state index is 0.00723. The molecule has 0 bridgehead atoms. The van der Waals surface area contributed by atoms with Crippen molar-refractivity contribution in [2.45, 2.75) is 32.7 Å². The van der Waals surface area contributed by atoms with Gasteiger partial charge in [-0.25, -0.2) is 14.2 Å². The number of urea groups is 1. The molecule has 1 fully saturated rings. The zero-order valence-corrected chi connectivity index (χ0v) is 23.7. The number of benzene rings is 2. The van der Waals surface area contributed by atoms with E-state index in [4.69, 9.17) is 16.3 Å². The molecule has 2 aliphatic heterocycles. The average Bonchev–Trinajstić information content (AvgIpc) is 3.55. The summed E-state index contributed by atoms with van der Waals surface area (Å²) in [5.41, 5.74) is 3.56. The van der Waals surface area contributed by atoms with E-state index >= 15 is 0 Å². The van der Waals surface area contributed by atoms with Crippen LogP contribution in [0.1, 0.15) is 28.7 Å². The molecule has 0 unspecified atom stereocenters. The van der Waals surface area contributed by atoms with E-state index in [0.29, 0.717) is 30.3 Å². The number of carbonyl (C=O) groups is 2. The Kier molecular flexibility index (Phi) is 7.50. The highest BCUT2D eigenvalue weighted by atomic mass is 35.5. The summed E-state index contributed by atoms with van der Waals surface area (Å²) < 4.78 is 21.4. The molecular weight excluding hydrogens is 581 g/mol. The summed E-state index contributed by atoms with van der Waals surface area (Å²) in [6.07, 6.45) is 1.82. The van der Waals surface area contributed by atoms with Gasteiger partial charge in [-0.1, -0.05) is 29.8 Å². The molecule has 4 aromatic rings.